The molecule has 2 heterocycles. The fraction of sp³-hybridized carbons (Fsp3) is 0.194. The van der Waals surface area contributed by atoms with Gasteiger partial charge in [0.2, 0.25) is 0 Å². The number of benzene rings is 2. The van der Waals surface area contributed by atoms with E-state index in [4.69, 9.17) is 0 Å². The number of nitrogens with zero attached hydrogens (tertiary/aromatic N) is 3. The lowest BCUT2D eigenvalue weighted by Crippen LogP contribution is -2.46. The van der Waals surface area contributed by atoms with Crippen molar-refractivity contribution in [2.75, 3.05) is 0 Å². The van der Waals surface area contributed by atoms with E-state index in [0.717, 1.165) is 6.08 Å². The summed E-state index contributed by atoms with van der Waals surface area (Å²) in [4.78, 5) is 0. The first-order valence-corrected chi connectivity index (χ1v) is 12.2. The Morgan fingerprint density at radius 2 is 1.74 bits per heavy atom. The molecule has 0 spiro atoms. The van der Waals surface area contributed by atoms with Crippen molar-refractivity contribution in [3.8, 4) is 5.69 Å². The van der Waals surface area contributed by atoms with E-state index in [2.05, 4.69) is 24.8 Å². The summed E-state index contributed by atoms with van der Waals surface area (Å²) in [7, 11) is 0. The number of aromatic nitrogens is 3. The number of aliphatic hydroxyl groups is 1. The van der Waals surface area contributed by atoms with Crippen LogP contribution in [0.2, 0.25) is 0 Å². The maximum absolute atomic E-state index is 15.9. The van der Waals surface area contributed by atoms with Crippen molar-refractivity contribution in [3.63, 3.8) is 0 Å². The van der Waals surface area contributed by atoms with Gasteiger partial charge >= 0.3 is 0 Å². The summed E-state index contributed by atoms with van der Waals surface area (Å²) < 4.78 is 48.7. The van der Waals surface area contributed by atoms with Crippen LogP contribution in [0.1, 0.15) is 30.2 Å². The van der Waals surface area contributed by atoms with Gasteiger partial charge in [-0.2, -0.15) is 5.10 Å². The number of hydrogen-bond donors (Lipinski definition) is 1. The summed E-state index contributed by atoms with van der Waals surface area (Å²) in [5.41, 5.74) is -0.0124. The molecule has 0 aliphatic heterocycles. The van der Waals surface area contributed by atoms with Crippen LogP contribution in [0.15, 0.2) is 104 Å². The molecule has 0 aliphatic rings. The van der Waals surface area contributed by atoms with Gasteiger partial charge < -0.3 is 9.67 Å². The largest absolute Gasteiger partial charge is 0.375 e. The molecule has 7 heteroatoms. The Kier molecular flexibility index (Phi) is 7.60. The molecule has 2 aromatic carbocycles. The van der Waals surface area contributed by atoms with Gasteiger partial charge in [0.1, 0.15) is 5.82 Å². The second-order valence-corrected chi connectivity index (χ2v) is 9.16. The minimum Gasteiger partial charge on any atom is -0.375 e. The Morgan fingerprint density at radius 3 is 2.39 bits per heavy atom. The van der Waals surface area contributed by atoms with Crippen molar-refractivity contribution >= 4 is 17.0 Å². The highest BCUT2D eigenvalue weighted by Gasteiger charge is 2.55. The van der Waals surface area contributed by atoms with Gasteiger partial charge in [0.15, 0.2) is 5.60 Å². The molecule has 0 saturated heterocycles. The fourth-order valence-electron chi connectivity index (χ4n) is 4.84. The van der Waals surface area contributed by atoms with Gasteiger partial charge in [0.05, 0.1) is 17.6 Å². The summed E-state index contributed by atoms with van der Waals surface area (Å²) >= 11 is 0. The van der Waals surface area contributed by atoms with E-state index in [9.17, 15) is 9.50 Å². The van der Waals surface area contributed by atoms with E-state index < -0.39 is 17.9 Å². The molecule has 0 saturated carbocycles. The summed E-state index contributed by atoms with van der Waals surface area (Å²) in [6.45, 7) is 12.9. The molecule has 2 aromatic heterocycles. The first kappa shape index (κ1) is 26.9. The number of fused-ring (bicyclic) bond motifs is 1. The molecule has 1 N–H and O–H groups in total. The third-order valence-electron chi connectivity index (χ3n) is 6.69. The van der Waals surface area contributed by atoms with Crippen molar-refractivity contribution in [2.24, 2.45) is 0 Å². The van der Waals surface area contributed by atoms with Crippen LogP contribution in [0.3, 0.4) is 0 Å². The van der Waals surface area contributed by atoms with Crippen LogP contribution in [-0.4, -0.2) is 25.4 Å². The number of halogens is 3. The third-order valence-corrected chi connectivity index (χ3v) is 6.69. The molecule has 38 heavy (non-hydrogen) atoms. The highest BCUT2D eigenvalue weighted by Crippen LogP contribution is 2.48. The maximum atomic E-state index is 15.9. The summed E-state index contributed by atoms with van der Waals surface area (Å²) in [6, 6.07) is 12.9. The second-order valence-electron chi connectivity index (χ2n) is 9.16. The molecule has 4 nitrogen and oxygen atoms in total. The van der Waals surface area contributed by atoms with E-state index in [-0.39, 0.29) is 17.0 Å². The van der Waals surface area contributed by atoms with E-state index in [1.165, 1.54) is 25.1 Å². The standard InChI is InChI=1S/C31H30F3N3O/c1-5-10-28-23(20-35-37(28)25-15-13-24(32)14-16-25)19-22(4)31(38,30(33,34)17-6-2)27-21-36(18-7-3)29-12-9-8-11-26(27)29/h5-9,11-16,19-21,38H,1-3,10,17-18H2,4H3/b22-19+. The molecule has 1 unspecified atom stereocenters. The molecule has 0 fully saturated rings. The highest BCUT2D eigenvalue weighted by molar-refractivity contribution is 5.86. The number of allylic oxidation sites excluding steroid dienone is 3. The monoisotopic (exact) mass is 517 g/mol. The van der Waals surface area contributed by atoms with Crippen LogP contribution in [0.25, 0.3) is 22.7 Å². The number of rotatable bonds is 11. The van der Waals surface area contributed by atoms with Gasteiger partial charge in [-0.1, -0.05) is 36.4 Å². The maximum Gasteiger partial charge on any atom is 0.287 e. The van der Waals surface area contributed by atoms with Gasteiger partial charge in [-0.05, 0) is 48.9 Å². The van der Waals surface area contributed by atoms with Crippen molar-refractivity contribution in [1.29, 1.82) is 0 Å². The molecule has 0 radical (unpaired) electrons. The first-order valence-electron chi connectivity index (χ1n) is 12.2. The van der Waals surface area contributed by atoms with Crippen LogP contribution in [-0.2, 0) is 18.6 Å². The van der Waals surface area contributed by atoms with Crippen LogP contribution in [0.4, 0.5) is 13.2 Å². The van der Waals surface area contributed by atoms with Crippen LogP contribution >= 0.6 is 0 Å². The minimum absolute atomic E-state index is 0.0369. The van der Waals surface area contributed by atoms with Gasteiger partial charge in [0.25, 0.3) is 5.92 Å². The van der Waals surface area contributed by atoms with Crippen LogP contribution < -0.4 is 0 Å². The minimum atomic E-state index is -3.58. The van der Waals surface area contributed by atoms with Crippen molar-refractivity contribution < 1.29 is 18.3 Å². The number of alkyl halides is 2. The molecule has 1 atom stereocenters. The van der Waals surface area contributed by atoms with Crippen LogP contribution in [0, 0.1) is 5.82 Å². The Bertz CT molecular complexity index is 1510. The molecule has 196 valence electrons. The summed E-state index contributed by atoms with van der Waals surface area (Å²) in [6.07, 6.45) is 8.72. The van der Waals surface area contributed by atoms with Crippen molar-refractivity contribution in [2.45, 2.75) is 37.8 Å². The molecule has 0 aliphatic carbocycles. The lowest BCUT2D eigenvalue weighted by Gasteiger charge is -2.36. The zero-order valence-corrected chi connectivity index (χ0v) is 21.2. The highest BCUT2D eigenvalue weighted by atomic mass is 19.3. The summed E-state index contributed by atoms with van der Waals surface area (Å²) in [5.74, 6) is -3.96. The molecular formula is C31H30F3N3O. The van der Waals surface area contributed by atoms with Gasteiger partial charge in [-0.15, -0.1) is 19.7 Å². The molecule has 0 bridgehead atoms. The topological polar surface area (TPSA) is 43.0 Å². The van der Waals surface area contributed by atoms with E-state index in [0.29, 0.717) is 40.8 Å². The smallest absolute Gasteiger partial charge is 0.287 e. The molecule has 4 aromatic rings. The Morgan fingerprint density at radius 1 is 1.03 bits per heavy atom. The SMILES string of the molecule is C=CCc1c(/C=C(\C)C(O)(c2cn(CC=C)c3ccccc23)C(F)(F)CC=C)cnn1-c1ccc(F)cc1. The molecular weight excluding hydrogens is 487 g/mol. The fourth-order valence-corrected chi connectivity index (χ4v) is 4.84. The Labute approximate surface area is 220 Å². The van der Waals surface area contributed by atoms with Gasteiger partial charge in [-0.3, -0.25) is 0 Å². The normalized spacial score (nSPS) is 13.9. The molecule has 0 amide bonds. The first-order chi connectivity index (χ1) is 18.2. The zero-order chi connectivity index (χ0) is 27.5. The third kappa shape index (κ3) is 4.65. The predicted octanol–water partition coefficient (Wildman–Crippen LogP) is 7.38. The van der Waals surface area contributed by atoms with Crippen molar-refractivity contribution in [1.82, 2.24) is 14.3 Å². The lowest BCUT2D eigenvalue weighted by molar-refractivity contribution is -0.162. The zero-order valence-electron chi connectivity index (χ0n) is 21.2. The predicted molar refractivity (Wildman–Crippen MR) is 147 cm³/mol. The Balaban J connectivity index is 1.94. The van der Waals surface area contributed by atoms with Crippen molar-refractivity contribution in [3.05, 3.63) is 127 Å². The van der Waals surface area contributed by atoms with E-state index >= 15 is 8.78 Å². The summed E-state index contributed by atoms with van der Waals surface area (Å²) in [5, 5.41) is 17.0. The van der Waals surface area contributed by atoms with Crippen LogP contribution in [0.5, 0.6) is 0 Å². The van der Waals surface area contributed by atoms with Gasteiger partial charge in [-0.25, -0.2) is 17.9 Å². The van der Waals surface area contributed by atoms with E-state index in [1.807, 2.05) is 12.1 Å². The Hall–Kier alpha value is -4.10. The number of hydrogen-bond acceptors (Lipinski definition) is 2. The average molecular weight is 518 g/mol. The van der Waals surface area contributed by atoms with Gasteiger partial charge in [0, 0.05) is 47.6 Å². The van der Waals surface area contributed by atoms with E-state index in [1.54, 1.807) is 58.1 Å². The number of para-hydroxylation sites is 1. The average Bonchev–Trinajstić information content (AvgIpc) is 3.46. The molecule has 4 rings (SSSR count). The lowest BCUT2D eigenvalue weighted by atomic mass is 9.79. The second kappa shape index (κ2) is 10.7. The quantitative estimate of drug-likeness (QED) is 0.211.